The SMILES string of the molecule is CCOC1CC(Nc2ccc(Cl)c(F)c2)C1OC. The van der Waals surface area contributed by atoms with Gasteiger partial charge in [0.2, 0.25) is 0 Å². The summed E-state index contributed by atoms with van der Waals surface area (Å²) in [5.74, 6) is -0.420. The molecule has 3 atom stereocenters. The molecule has 3 nitrogen and oxygen atoms in total. The second kappa shape index (κ2) is 5.87. The monoisotopic (exact) mass is 273 g/mol. The lowest BCUT2D eigenvalue weighted by Gasteiger charge is -2.43. The average Bonchev–Trinajstić information content (AvgIpc) is 2.32. The van der Waals surface area contributed by atoms with Crippen LogP contribution in [0, 0.1) is 5.82 Å². The van der Waals surface area contributed by atoms with E-state index in [-0.39, 0.29) is 23.3 Å². The van der Waals surface area contributed by atoms with Crippen molar-refractivity contribution in [3.8, 4) is 0 Å². The van der Waals surface area contributed by atoms with Gasteiger partial charge in [-0.15, -0.1) is 0 Å². The molecular weight excluding hydrogens is 257 g/mol. The van der Waals surface area contributed by atoms with Crippen LogP contribution in [0.3, 0.4) is 0 Å². The first-order valence-electron chi connectivity index (χ1n) is 6.01. The Balaban J connectivity index is 1.96. The van der Waals surface area contributed by atoms with Gasteiger partial charge in [-0.2, -0.15) is 0 Å². The first kappa shape index (κ1) is 13.6. The fourth-order valence-corrected chi connectivity index (χ4v) is 2.33. The van der Waals surface area contributed by atoms with Gasteiger partial charge in [0.15, 0.2) is 0 Å². The van der Waals surface area contributed by atoms with Crippen molar-refractivity contribution in [3.05, 3.63) is 29.0 Å². The molecule has 1 N–H and O–H groups in total. The number of benzene rings is 1. The maximum absolute atomic E-state index is 13.3. The first-order chi connectivity index (χ1) is 8.65. The fraction of sp³-hybridized carbons (Fsp3) is 0.538. The molecule has 0 radical (unpaired) electrons. The minimum absolute atomic E-state index is 0.00342. The Bertz CT molecular complexity index is 416. The highest BCUT2D eigenvalue weighted by Crippen LogP contribution is 2.30. The lowest BCUT2D eigenvalue weighted by atomic mass is 9.85. The molecule has 1 fully saturated rings. The van der Waals surface area contributed by atoms with Crippen molar-refractivity contribution < 1.29 is 13.9 Å². The number of halogens is 2. The summed E-state index contributed by atoms with van der Waals surface area (Å²) in [5.41, 5.74) is 0.707. The number of ether oxygens (including phenoxy) is 2. The van der Waals surface area contributed by atoms with Crippen molar-refractivity contribution >= 4 is 17.3 Å². The summed E-state index contributed by atoms with van der Waals surface area (Å²) in [5, 5.41) is 3.36. The highest BCUT2D eigenvalue weighted by Gasteiger charge is 2.42. The second-order valence-corrected chi connectivity index (χ2v) is 4.72. The molecule has 0 amide bonds. The van der Waals surface area contributed by atoms with Crippen LogP contribution >= 0.6 is 11.6 Å². The van der Waals surface area contributed by atoms with Gasteiger partial charge >= 0.3 is 0 Å². The predicted molar refractivity (Wildman–Crippen MR) is 69.6 cm³/mol. The molecule has 2 rings (SSSR count). The molecule has 18 heavy (non-hydrogen) atoms. The highest BCUT2D eigenvalue weighted by atomic mass is 35.5. The molecule has 0 saturated heterocycles. The van der Waals surface area contributed by atoms with Crippen molar-refractivity contribution in [1.29, 1.82) is 0 Å². The van der Waals surface area contributed by atoms with Crippen LogP contribution in [0.2, 0.25) is 5.02 Å². The van der Waals surface area contributed by atoms with Gasteiger partial charge in [-0.25, -0.2) is 4.39 Å². The Kier molecular flexibility index (Phi) is 4.43. The van der Waals surface area contributed by atoms with Crippen LogP contribution in [0.5, 0.6) is 0 Å². The zero-order chi connectivity index (χ0) is 13.1. The molecule has 100 valence electrons. The Morgan fingerprint density at radius 2 is 2.28 bits per heavy atom. The van der Waals surface area contributed by atoms with E-state index in [2.05, 4.69) is 5.32 Å². The Morgan fingerprint density at radius 1 is 1.50 bits per heavy atom. The van der Waals surface area contributed by atoms with E-state index in [1.54, 1.807) is 19.2 Å². The normalized spacial score (nSPS) is 26.8. The van der Waals surface area contributed by atoms with Crippen LogP contribution in [0.15, 0.2) is 18.2 Å². The van der Waals surface area contributed by atoms with Gasteiger partial charge in [-0.3, -0.25) is 0 Å². The van der Waals surface area contributed by atoms with Gasteiger partial charge in [0.1, 0.15) is 11.9 Å². The topological polar surface area (TPSA) is 30.5 Å². The zero-order valence-electron chi connectivity index (χ0n) is 10.5. The molecule has 1 aromatic rings. The van der Waals surface area contributed by atoms with E-state index >= 15 is 0 Å². The molecule has 0 aromatic heterocycles. The maximum atomic E-state index is 13.3. The van der Waals surface area contributed by atoms with Gasteiger partial charge in [0, 0.05) is 19.4 Å². The number of hydrogen-bond acceptors (Lipinski definition) is 3. The summed E-state index contributed by atoms with van der Waals surface area (Å²) in [4.78, 5) is 0. The predicted octanol–water partition coefficient (Wildman–Crippen LogP) is 3.08. The molecular formula is C13H17ClFNO2. The average molecular weight is 274 g/mol. The molecule has 0 spiro atoms. The van der Waals surface area contributed by atoms with Crippen molar-refractivity contribution in [2.75, 3.05) is 19.0 Å². The van der Waals surface area contributed by atoms with Crippen molar-refractivity contribution in [2.24, 2.45) is 0 Å². The lowest BCUT2D eigenvalue weighted by Crippen LogP contribution is -2.56. The molecule has 1 saturated carbocycles. The van der Waals surface area contributed by atoms with Crippen molar-refractivity contribution in [2.45, 2.75) is 31.6 Å². The zero-order valence-corrected chi connectivity index (χ0v) is 11.2. The van der Waals surface area contributed by atoms with Crippen LogP contribution < -0.4 is 5.32 Å². The van der Waals surface area contributed by atoms with Gasteiger partial charge < -0.3 is 14.8 Å². The summed E-state index contributed by atoms with van der Waals surface area (Å²) >= 11 is 5.64. The summed E-state index contributed by atoms with van der Waals surface area (Å²) in [6.45, 7) is 2.63. The van der Waals surface area contributed by atoms with Gasteiger partial charge in [-0.1, -0.05) is 11.6 Å². The van der Waals surface area contributed by atoms with Gasteiger partial charge in [0.25, 0.3) is 0 Å². The van der Waals surface area contributed by atoms with Crippen LogP contribution in [-0.2, 0) is 9.47 Å². The van der Waals surface area contributed by atoms with Crippen LogP contribution in [0.4, 0.5) is 10.1 Å². The van der Waals surface area contributed by atoms with E-state index in [4.69, 9.17) is 21.1 Å². The largest absolute Gasteiger partial charge is 0.379 e. The Morgan fingerprint density at radius 3 is 2.89 bits per heavy atom. The molecule has 0 heterocycles. The van der Waals surface area contributed by atoms with Crippen LogP contribution in [0.25, 0.3) is 0 Å². The molecule has 5 heteroatoms. The second-order valence-electron chi connectivity index (χ2n) is 4.31. The first-order valence-corrected chi connectivity index (χ1v) is 6.39. The van der Waals surface area contributed by atoms with Gasteiger partial charge in [-0.05, 0) is 31.5 Å². The van der Waals surface area contributed by atoms with Gasteiger partial charge in [0.05, 0.1) is 17.2 Å². The minimum Gasteiger partial charge on any atom is -0.379 e. The number of rotatable bonds is 5. The number of nitrogens with one attached hydrogen (secondary N) is 1. The van der Waals surface area contributed by atoms with Crippen molar-refractivity contribution in [3.63, 3.8) is 0 Å². The third-order valence-corrected chi connectivity index (χ3v) is 3.48. The van der Waals surface area contributed by atoms with Crippen LogP contribution in [-0.4, -0.2) is 32.0 Å². The van der Waals surface area contributed by atoms with E-state index in [1.165, 1.54) is 6.07 Å². The van der Waals surface area contributed by atoms with E-state index < -0.39 is 5.82 Å². The van der Waals surface area contributed by atoms with Crippen molar-refractivity contribution in [1.82, 2.24) is 0 Å². The number of hydrogen-bond donors (Lipinski definition) is 1. The lowest BCUT2D eigenvalue weighted by molar-refractivity contribution is -0.118. The Labute approximate surface area is 111 Å². The highest BCUT2D eigenvalue weighted by molar-refractivity contribution is 6.30. The molecule has 1 aliphatic carbocycles. The molecule has 1 aromatic carbocycles. The smallest absolute Gasteiger partial charge is 0.143 e. The summed E-state index contributed by atoms with van der Waals surface area (Å²) in [6, 6.07) is 4.83. The van der Waals surface area contributed by atoms with Crippen LogP contribution in [0.1, 0.15) is 13.3 Å². The minimum atomic E-state index is -0.420. The number of anilines is 1. The van der Waals surface area contributed by atoms with E-state index in [9.17, 15) is 4.39 Å². The standard InChI is InChI=1S/C13H17ClFNO2/c1-3-18-12-7-11(13(12)17-2)16-8-4-5-9(14)10(15)6-8/h4-6,11-13,16H,3,7H2,1-2H3. The summed E-state index contributed by atoms with van der Waals surface area (Å²) < 4.78 is 24.2. The number of methoxy groups -OCH3 is 1. The quantitative estimate of drug-likeness (QED) is 0.894. The fourth-order valence-electron chi connectivity index (χ4n) is 2.22. The Hall–Kier alpha value is -0.840. The van der Waals surface area contributed by atoms with E-state index in [0.29, 0.717) is 12.3 Å². The molecule has 3 unspecified atom stereocenters. The van der Waals surface area contributed by atoms with E-state index in [1.807, 2.05) is 6.92 Å². The maximum Gasteiger partial charge on any atom is 0.143 e. The van der Waals surface area contributed by atoms with E-state index in [0.717, 1.165) is 6.42 Å². The third kappa shape index (κ3) is 2.76. The summed E-state index contributed by atoms with van der Waals surface area (Å²) in [7, 11) is 1.66. The third-order valence-electron chi connectivity index (χ3n) is 3.17. The summed E-state index contributed by atoms with van der Waals surface area (Å²) in [6.07, 6.45) is 0.981. The molecule has 0 aliphatic heterocycles. The molecule has 0 bridgehead atoms. The molecule has 1 aliphatic rings.